The van der Waals surface area contributed by atoms with E-state index in [0.717, 1.165) is 17.4 Å². The monoisotopic (exact) mass is 264 g/mol. The number of fused-ring (bicyclic) bond motifs is 1. The molecule has 0 aromatic carbocycles. The molecule has 0 saturated carbocycles. The highest BCUT2D eigenvalue weighted by Crippen LogP contribution is 2.27. The van der Waals surface area contributed by atoms with Crippen LogP contribution in [-0.4, -0.2) is 27.2 Å². The molecular weight excluding hydrogens is 248 g/mol. The van der Waals surface area contributed by atoms with E-state index in [-0.39, 0.29) is 5.56 Å². The maximum Gasteiger partial charge on any atom is 0.275 e. The maximum absolute atomic E-state index is 11.8. The second kappa shape index (κ2) is 4.35. The fourth-order valence-corrected chi connectivity index (χ4v) is 3.49. The summed E-state index contributed by atoms with van der Waals surface area (Å²) in [6.07, 6.45) is 3.67. The topological polar surface area (TPSA) is 50.5 Å². The summed E-state index contributed by atoms with van der Waals surface area (Å²) in [5.74, 6) is 0. The largest absolute Gasteiger partial charge is 0.344 e. The molecule has 3 rings (SSSR count). The van der Waals surface area contributed by atoms with Crippen LogP contribution in [0.25, 0.3) is 4.96 Å². The minimum Gasteiger partial charge on any atom is -0.344 e. The Labute approximate surface area is 109 Å². The lowest BCUT2D eigenvalue weighted by Crippen LogP contribution is -2.37. The maximum atomic E-state index is 11.8. The molecule has 2 aromatic heterocycles. The van der Waals surface area contributed by atoms with Crippen molar-refractivity contribution >= 4 is 21.4 Å². The van der Waals surface area contributed by atoms with Crippen molar-refractivity contribution in [2.24, 2.45) is 0 Å². The van der Waals surface area contributed by atoms with Crippen LogP contribution < -0.4 is 10.5 Å². The second-order valence-corrected chi connectivity index (χ2v) is 5.79. The van der Waals surface area contributed by atoms with Crippen LogP contribution in [0.5, 0.6) is 0 Å². The summed E-state index contributed by atoms with van der Waals surface area (Å²) in [4.78, 5) is 19.2. The van der Waals surface area contributed by atoms with Gasteiger partial charge in [-0.15, -0.1) is 5.10 Å². The van der Waals surface area contributed by atoms with Gasteiger partial charge in [0, 0.05) is 24.3 Å². The number of rotatable bonds is 1. The van der Waals surface area contributed by atoms with Gasteiger partial charge in [-0.25, -0.2) is 4.98 Å². The third-order valence-electron chi connectivity index (χ3n) is 3.41. The molecule has 0 bridgehead atoms. The molecule has 1 atom stereocenters. The molecule has 0 aliphatic carbocycles. The van der Waals surface area contributed by atoms with Gasteiger partial charge in [-0.1, -0.05) is 11.3 Å². The van der Waals surface area contributed by atoms with Gasteiger partial charge >= 0.3 is 0 Å². The van der Waals surface area contributed by atoms with Crippen LogP contribution in [0.2, 0.25) is 0 Å². The molecule has 3 heterocycles. The molecule has 2 aromatic rings. The molecule has 1 unspecified atom stereocenters. The third-order valence-corrected chi connectivity index (χ3v) is 4.36. The number of hydrogen-bond donors (Lipinski definition) is 0. The van der Waals surface area contributed by atoms with Crippen LogP contribution in [0.15, 0.2) is 10.9 Å². The van der Waals surface area contributed by atoms with E-state index in [1.54, 1.807) is 0 Å². The minimum absolute atomic E-state index is 0.0929. The number of nitrogens with zero attached hydrogens (tertiary/aromatic N) is 4. The van der Waals surface area contributed by atoms with Crippen LogP contribution in [0.1, 0.15) is 31.9 Å². The number of aryl methyl sites for hydroxylation is 1. The van der Waals surface area contributed by atoms with E-state index >= 15 is 0 Å². The Hall–Kier alpha value is -1.43. The smallest absolute Gasteiger partial charge is 0.275 e. The van der Waals surface area contributed by atoms with Gasteiger partial charge in [0.2, 0.25) is 10.1 Å². The van der Waals surface area contributed by atoms with Crippen molar-refractivity contribution in [3.63, 3.8) is 0 Å². The van der Waals surface area contributed by atoms with Crippen LogP contribution in [-0.2, 0) is 0 Å². The first kappa shape index (κ1) is 11.6. The van der Waals surface area contributed by atoms with Crippen molar-refractivity contribution in [1.82, 2.24) is 14.6 Å². The first-order valence-electron chi connectivity index (χ1n) is 6.29. The van der Waals surface area contributed by atoms with Gasteiger partial charge in [0.05, 0.1) is 0 Å². The molecular formula is C12H16N4OS. The minimum atomic E-state index is -0.0929. The van der Waals surface area contributed by atoms with E-state index in [2.05, 4.69) is 21.9 Å². The van der Waals surface area contributed by atoms with Crippen molar-refractivity contribution in [1.29, 1.82) is 0 Å². The summed E-state index contributed by atoms with van der Waals surface area (Å²) < 4.78 is 1.41. The number of aromatic nitrogens is 3. The van der Waals surface area contributed by atoms with E-state index < -0.39 is 0 Å². The summed E-state index contributed by atoms with van der Waals surface area (Å²) in [6, 6.07) is 2.02. The average Bonchev–Trinajstić information content (AvgIpc) is 2.73. The predicted octanol–water partition coefficient (Wildman–Crippen LogP) is 1.84. The predicted molar refractivity (Wildman–Crippen MR) is 72.5 cm³/mol. The van der Waals surface area contributed by atoms with Gasteiger partial charge in [0.25, 0.3) is 5.56 Å². The van der Waals surface area contributed by atoms with Gasteiger partial charge in [-0.2, -0.15) is 4.52 Å². The van der Waals surface area contributed by atoms with Gasteiger partial charge in [0.15, 0.2) is 0 Å². The lowest BCUT2D eigenvalue weighted by molar-refractivity contribution is 0.482. The highest BCUT2D eigenvalue weighted by Gasteiger charge is 2.22. The first-order valence-corrected chi connectivity index (χ1v) is 7.11. The Kier molecular flexibility index (Phi) is 2.81. The molecule has 5 nitrogen and oxygen atoms in total. The van der Waals surface area contributed by atoms with E-state index in [0.29, 0.717) is 11.0 Å². The molecule has 1 fully saturated rings. The van der Waals surface area contributed by atoms with E-state index in [4.69, 9.17) is 0 Å². The van der Waals surface area contributed by atoms with Crippen LogP contribution in [0.4, 0.5) is 5.13 Å². The van der Waals surface area contributed by atoms with E-state index in [1.165, 1.54) is 41.2 Å². The Morgan fingerprint density at radius 2 is 2.28 bits per heavy atom. The highest BCUT2D eigenvalue weighted by molar-refractivity contribution is 7.20. The lowest BCUT2D eigenvalue weighted by Gasteiger charge is -2.32. The van der Waals surface area contributed by atoms with Gasteiger partial charge in [-0.3, -0.25) is 4.79 Å². The molecule has 18 heavy (non-hydrogen) atoms. The summed E-state index contributed by atoms with van der Waals surface area (Å²) in [5, 5.41) is 5.33. The Balaban J connectivity index is 2.08. The summed E-state index contributed by atoms with van der Waals surface area (Å²) in [6.45, 7) is 5.08. The molecule has 1 saturated heterocycles. The second-order valence-electron chi connectivity index (χ2n) is 4.85. The number of hydrogen-bond acceptors (Lipinski definition) is 5. The molecule has 1 aliphatic heterocycles. The van der Waals surface area contributed by atoms with Crippen molar-refractivity contribution in [3.8, 4) is 0 Å². The lowest BCUT2D eigenvalue weighted by atomic mass is 10.1. The summed E-state index contributed by atoms with van der Waals surface area (Å²) in [7, 11) is 0. The average molecular weight is 264 g/mol. The van der Waals surface area contributed by atoms with Crippen molar-refractivity contribution in [3.05, 3.63) is 22.1 Å². The molecule has 96 valence electrons. The SMILES string of the molecule is Cc1cc(=O)n2nc(N3CCCCC3C)sc2n1. The quantitative estimate of drug-likeness (QED) is 0.788. The molecule has 0 amide bonds. The Morgan fingerprint density at radius 1 is 1.44 bits per heavy atom. The zero-order valence-electron chi connectivity index (χ0n) is 10.6. The zero-order valence-corrected chi connectivity index (χ0v) is 11.4. The molecule has 0 N–H and O–H groups in total. The normalized spacial score (nSPS) is 20.6. The van der Waals surface area contributed by atoms with Crippen LogP contribution >= 0.6 is 11.3 Å². The van der Waals surface area contributed by atoms with Gasteiger partial charge in [-0.05, 0) is 33.1 Å². The van der Waals surface area contributed by atoms with Gasteiger partial charge < -0.3 is 4.90 Å². The molecule has 1 aliphatic rings. The summed E-state index contributed by atoms with van der Waals surface area (Å²) >= 11 is 1.50. The van der Waals surface area contributed by atoms with Gasteiger partial charge in [0.1, 0.15) is 0 Å². The number of anilines is 1. The van der Waals surface area contributed by atoms with Crippen LogP contribution in [0, 0.1) is 6.92 Å². The van der Waals surface area contributed by atoms with Crippen molar-refractivity contribution in [2.75, 3.05) is 11.4 Å². The zero-order chi connectivity index (χ0) is 12.7. The van der Waals surface area contributed by atoms with E-state index in [1.807, 2.05) is 6.92 Å². The Bertz CT molecular complexity index is 633. The molecule has 0 radical (unpaired) electrons. The fraction of sp³-hybridized carbons (Fsp3) is 0.583. The highest BCUT2D eigenvalue weighted by atomic mass is 32.1. The molecule has 6 heteroatoms. The molecule has 0 spiro atoms. The van der Waals surface area contributed by atoms with E-state index in [9.17, 15) is 4.79 Å². The number of piperidine rings is 1. The van der Waals surface area contributed by atoms with Crippen molar-refractivity contribution in [2.45, 2.75) is 39.2 Å². The third kappa shape index (κ3) is 1.90. The Morgan fingerprint density at radius 3 is 3.06 bits per heavy atom. The fourth-order valence-electron chi connectivity index (χ4n) is 2.41. The first-order chi connectivity index (χ1) is 8.65. The van der Waals surface area contributed by atoms with Crippen LogP contribution in [0.3, 0.4) is 0 Å². The standard InChI is InChI=1S/C12H16N4OS/c1-8-7-10(17)16-11(13-8)18-12(14-16)15-6-4-3-5-9(15)2/h7,9H,3-6H2,1-2H3. The summed E-state index contributed by atoms with van der Waals surface area (Å²) in [5.41, 5.74) is 0.659. The van der Waals surface area contributed by atoms with Crippen molar-refractivity contribution < 1.29 is 0 Å².